The van der Waals surface area contributed by atoms with Crippen molar-refractivity contribution in [3.8, 4) is 11.5 Å². The first-order chi connectivity index (χ1) is 6.06. The highest BCUT2D eigenvalue weighted by molar-refractivity contribution is 9.10. The molecule has 2 nitrogen and oxygen atoms in total. The minimum absolute atomic E-state index is 0.261. The molecule has 0 spiro atoms. The lowest BCUT2D eigenvalue weighted by Crippen LogP contribution is -1.94. The Morgan fingerprint density at radius 1 is 1.38 bits per heavy atom. The largest absolute Gasteiger partial charge is 0.508 e. The zero-order valence-electron chi connectivity index (χ0n) is 7.97. The van der Waals surface area contributed by atoms with Gasteiger partial charge in [0, 0.05) is 5.56 Å². The van der Waals surface area contributed by atoms with Gasteiger partial charge in [-0.2, -0.15) is 0 Å². The summed E-state index contributed by atoms with van der Waals surface area (Å²) in [5.41, 5.74) is 1.01. The first-order valence-corrected chi connectivity index (χ1v) is 4.92. The van der Waals surface area contributed by atoms with Gasteiger partial charge in [0.1, 0.15) is 11.5 Å². The molecule has 1 rings (SSSR count). The van der Waals surface area contributed by atoms with Gasteiger partial charge in [-0.1, -0.05) is 13.8 Å². The van der Waals surface area contributed by atoms with Crippen molar-refractivity contribution in [1.82, 2.24) is 0 Å². The van der Waals surface area contributed by atoms with Gasteiger partial charge in [-0.15, -0.1) is 0 Å². The van der Waals surface area contributed by atoms with E-state index in [0.29, 0.717) is 5.92 Å². The van der Waals surface area contributed by atoms with Crippen molar-refractivity contribution in [2.45, 2.75) is 19.8 Å². The van der Waals surface area contributed by atoms with Gasteiger partial charge in [-0.05, 0) is 34.0 Å². The molecule has 0 amide bonds. The van der Waals surface area contributed by atoms with Gasteiger partial charge in [0.2, 0.25) is 0 Å². The number of phenols is 1. The van der Waals surface area contributed by atoms with E-state index in [-0.39, 0.29) is 5.75 Å². The van der Waals surface area contributed by atoms with Crippen LogP contribution in [-0.4, -0.2) is 12.2 Å². The first kappa shape index (κ1) is 10.4. The van der Waals surface area contributed by atoms with Gasteiger partial charge in [0.05, 0.1) is 11.6 Å². The van der Waals surface area contributed by atoms with E-state index in [4.69, 9.17) is 4.74 Å². The second-order valence-corrected chi connectivity index (χ2v) is 4.06. The molecule has 0 bridgehead atoms. The number of ether oxygens (including phenoxy) is 1. The van der Waals surface area contributed by atoms with Gasteiger partial charge < -0.3 is 9.84 Å². The van der Waals surface area contributed by atoms with E-state index in [1.165, 1.54) is 0 Å². The number of hydrogen-bond donors (Lipinski definition) is 1. The highest BCUT2D eigenvalue weighted by Gasteiger charge is 2.12. The van der Waals surface area contributed by atoms with E-state index >= 15 is 0 Å². The molecule has 0 aromatic heterocycles. The quantitative estimate of drug-likeness (QED) is 0.866. The van der Waals surface area contributed by atoms with Gasteiger partial charge in [-0.25, -0.2) is 0 Å². The maximum atomic E-state index is 9.38. The Kier molecular flexibility index (Phi) is 3.20. The van der Waals surface area contributed by atoms with Crippen molar-refractivity contribution < 1.29 is 9.84 Å². The van der Waals surface area contributed by atoms with E-state index in [9.17, 15) is 5.11 Å². The fraction of sp³-hybridized carbons (Fsp3) is 0.400. The van der Waals surface area contributed by atoms with Crippen molar-refractivity contribution in [1.29, 1.82) is 0 Å². The van der Waals surface area contributed by atoms with Crippen LogP contribution in [0.5, 0.6) is 11.5 Å². The zero-order valence-corrected chi connectivity index (χ0v) is 9.55. The molecule has 0 saturated heterocycles. The van der Waals surface area contributed by atoms with Crippen LogP contribution in [0.25, 0.3) is 0 Å². The summed E-state index contributed by atoms with van der Waals surface area (Å²) in [5, 5.41) is 9.38. The second kappa shape index (κ2) is 4.01. The average Bonchev–Trinajstić information content (AvgIpc) is 2.02. The van der Waals surface area contributed by atoms with Crippen molar-refractivity contribution in [2.24, 2.45) is 0 Å². The number of halogens is 1. The van der Waals surface area contributed by atoms with Crippen LogP contribution in [-0.2, 0) is 0 Å². The Bertz CT molecular complexity index is 308. The molecule has 0 aliphatic rings. The summed E-state index contributed by atoms with van der Waals surface area (Å²) >= 11 is 3.34. The molecular formula is C10H13BrO2. The lowest BCUT2D eigenvalue weighted by Gasteiger charge is -2.13. The van der Waals surface area contributed by atoms with Crippen molar-refractivity contribution in [3.63, 3.8) is 0 Å². The molecule has 0 radical (unpaired) electrons. The summed E-state index contributed by atoms with van der Waals surface area (Å²) in [7, 11) is 1.63. The van der Waals surface area contributed by atoms with Gasteiger partial charge in [-0.3, -0.25) is 0 Å². The average molecular weight is 245 g/mol. The van der Waals surface area contributed by atoms with Crippen LogP contribution in [0.15, 0.2) is 16.6 Å². The molecule has 0 saturated carbocycles. The molecule has 1 aromatic rings. The molecule has 0 heterocycles. The third-order valence-electron chi connectivity index (χ3n) is 1.88. The predicted octanol–water partition coefficient (Wildman–Crippen LogP) is 3.29. The lowest BCUT2D eigenvalue weighted by molar-refractivity contribution is 0.401. The summed E-state index contributed by atoms with van der Waals surface area (Å²) in [6, 6.07) is 3.36. The maximum absolute atomic E-state index is 9.38. The molecule has 1 aromatic carbocycles. The highest BCUT2D eigenvalue weighted by atomic mass is 79.9. The highest BCUT2D eigenvalue weighted by Crippen LogP contribution is 2.36. The van der Waals surface area contributed by atoms with Crippen LogP contribution in [0.1, 0.15) is 25.3 Å². The van der Waals surface area contributed by atoms with Gasteiger partial charge >= 0.3 is 0 Å². The van der Waals surface area contributed by atoms with Crippen LogP contribution >= 0.6 is 15.9 Å². The Morgan fingerprint density at radius 3 is 2.46 bits per heavy atom. The number of rotatable bonds is 2. The Labute approximate surface area is 86.7 Å². The minimum atomic E-state index is 0.261. The first-order valence-electron chi connectivity index (χ1n) is 4.12. The molecule has 0 aliphatic heterocycles. The Morgan fingerprint density at radius 2 is 2.00 bits per heavy atom. The standard InChI is InChI=1S/C10H13BrO2/c1-6(2)8-4-7(12)5-9(11)10(8)13-3/h4-6,12H,1-3H3. The van der Waals surface area contributed by atoms with Crippen LogP contribution < -0.4 is 4.74 Å². The third-order valence-corrected chi connectivity index (χ3v) is 2.47. The fourth-order valence-corrected chi connectivity index (χ4v) is 1.87. The molecule has 72 valence electrons. The van der Waals surface area contributed by atoms with E-state index in [2.05, 4.69) is 29.8 Å². The molecule has 3 heteroatoms. The maximum Gasteiger partial charge on any atom is 0.136 e. The summed E-state index contributed by atoms with van der Waals surface area (Å²) in [6.45, 7) is 4.12. The van der Waals surface area contributed by atoms with Crippen LogP contribution in [0, 0.1) is 0 Å². The van der Waals surface area contributed by atoms with Gasteiger partial charge in [0.15, 0.2) is 0 Å². The number of benzene rings is 1. The molecule has 0 unspecified atom stereocenters. The van der Waals surface area contributed by atoms with Crippen LogP contribution in [0.4, 0.5) is 0 Å². The smallest absolute Gasteiger partial charge is 0.136 e. The van der Waals surface area contributed by atoms with E-state index in [1.807, 2.05) is 0 Å². The van der Waals surface area contributed by atoms with Crippen molar-refractivity contribution in [2.75, 3.05) is 7.11 Å². The fourth-order valence-electron chi connectivity index (χ4n) is 1.24. The molecular weight excluding hydrogens is 232 g/mol. The molecule has 13 heavy (non-hydrogen) atoms. The molecule has 1 N–H and O–H groups in total. The Hall–Kier alpha value is -0.700. The minimum Gasteiger partial charge on any atom is -0.508 e. The second-order valence-electron chi connectivity index (χ2n) is 3.20. The van der Waals surface area contributed by atoms with E-state index in [0.717, 1.165) is 15.8 Å². The summed E-state index contributed by atoms with van der Waals surface area (Å²) in [4.78, 5) is 0. The molecule has 0 fully saturated rings. The number of aromatic hydroxyl groups is 1. The number of methoxy groups -OCH3 is 1. The van der Waals surface area contributed by atoms with Crippen molar-refractivity contribution in [3.05, 3.63) is 22.2 Å². The van der Waals surface area contributed by atoms with E-state index in [1.54, 1.807) is 19.2 Å². The Balaban J connectivity index is 3.29. The number of hydrogen-bond acceptors (Lipinski definition) is 2. The zero-order chi connectivity index (χ0) is 10.0. The summed E-state index contributed by atoms with van der Waals surface area (Å²) in [5.74, 6) is 1.39. The SMILES string of the molecule is COc1c(Br)cc(O)cc1C(C)C. The lowest BCUT2D eigenvalue weighted by atomic mass is 10.0. The molecule has 0 aliphatic carbocycles. The van der Waals surface area contributed by atoms with E-state index < -0.39 is 0 Å². The summed E-state index contributed by atoms with van der Waals surface area (Å²) < 4.78 is 6.02. The van der Waals surface area contributed by atoms with Crippen molar-refractivity contribution >= 4 is 15.9 Å². The predicted molar refractivity (Wildman–Crippen MR) is 56.4 cm³/mol. The van der Waals surface area contributed by atoms with Crippen LogP contribution in [0.3, 0.4) is 0 Å². The summed E-state index contributed by atoms with van der Waals surface area (Å²) in [6.07, 6.45) is 0. The third kappa shape index (κ3) is 2.15. The topological polar surface area (TPSA) is 29.5 Å². The normalized spacial score (nSPS) is 10.5. The number of phenolic OH excluding ortho intramolecular Hbond substituents is 1. The monoisotopic (exact) mass is 244 g/mol. The van der Waals surface area contributed by atoms with Gasteiger partial charge in [0.25, 0.3) is 0 Å². The molecule has 0 atom stereocenters. The van der Waals surface area contributed by atoms with Crippen LogP contribution in [0.2, 0.25) is 0 Å².